The zero-order chi connectivity index (χ0) is 7.11. The summed E-state index contributed by atoms with van der Waals surface area (Å²) in [5.74, 6) is 0. The molecule has 53 valence electrons. The molecule has 0 saturated heterocycles. The van der Waals surface area contributed by atoms with Gasteiger partial charge in [-0.05, 0) is 0 Å². The maximum Gasteiger partial charge on any atom is 0.118 e. The molecule has 1 atom stereocenters. The molecule has 3 nitrogen and oxygen atoms in total. The fraction of sp³-hybridized carbons (Fsp3) is 0.500. The first-order chi connectivity index (χ1) is 4.31. The van der Waals surface area contributed by atoms with Crippen molar-refractivity contribution in [2.45, 2.75) is 6.23 Å². The number of hydrogen-bond donors (Lipinski definition) is 2. The van der Waals surface area contributed by atoms with Gasteiger partial charge in [0.25, 0.3) is 0 Å². The van der Waals surface area contributed by atoms with Crippen molar-refractivity contribution in [3.8, 4) is 0 Å². The van der Waals surface area contributed by atoms with Gasteiger partial charge in [0.1, 0.15) is 6.23 Å². The molecule has 0 rings (SSSR count). The molecule has 1 unspecified atom stereocenters. The third-order valence-electron chi connectivity index (χ3n) is 0.774. The van der Waals surface area contributed by atoms with E-state index >= 15 is 0 Å². The molecule has 0 aromatic heterocycles. The minimum atomic E-state index is -0.277. The van der Waals surface area contributed by atoms with Crippen LogP contribution in [-0.2, 0) is 4.74 Å². The lowest BCUT2D eigenvalue weighted by molar-refractivity contribution is 0.0815. The fourth-order valence-corrected chi connectivity index (χ4v) is 0.393. The van der Waals surface area contributed by atoms with Gasteiger partial charge in [-0.3, -0.25) is 0 Å². The van der Waals surface area contributed by atoms with E-state index in [0.29, 0.717) is 13.2 Å². The SMILES string of the molecule is [CH2]NCC(N)OCC=C. The zero-order valence-corrected chi connectivity index (χ0v) is 5.47. The number of ether oxygens (including phenoxy) is 1. The first-order valence-corrected chi connectivity index (χ1v) is 2.79. The molecule has 9 heavy (non-hydrogen) atoms. The predicted molar refractivity (Wildman–Crippen MR) is 37.5 cm³/mol. The standard InChI is InChI=1S/C6H13N2O/c1-3-4-9-6(7)5-8-2/h3,6,8H,1-2,4-5,7H2. The van der Waals surface area contributed by atoms with Gasteiger partial charge >= 0.3 is 0 Å². The van der Waals surface area contributed by atoms with Gasteiger partial charge in [-0.15, -0.1) is 6.58 Å². The van der Waals surface area contributed by atoms with Crippen LogP contribution in [0.15, 0.2) is 12.7 Å². The topological polar surface area (TPSA) is 47.3 Å². The molecule has 0 aromatic carbocycles. The first kappa shape index (κ1) is 8.62. The maximum atomic E-state index is 5.40. The van der Waals surface area contributed by atoms with Crippen LogP contribution in [0.25, 0.3) is 0 Å². The second-order valence-corrected chi connectivity index (χ2v) is 1.61. The quantitative estimate of drug-likeness (QED) is 0.401. The normalized spacial score (nSPS) is 13.1. The first-order valence-electron chi connectivity index (χ1n) is 2.79. The Morgan fingerprint density at radius 1 is 1.78 bits per heavy atom. The monoisotopic (exact) mass is 129 g/mol. The van der Waals surface area contributed by atoms with E-state index in [9.17, 15) is 0 Å². The summed E-state index contributed by atoms with van der Waals surface area (Å²) in [6.07, 6.45) is 1.38. The van der Waals surface area contributed by atoms with Crippen LogP contribution in [0, 0.1) is 7.05 Å². The lowest BCUT2D eigenvalue weighted by Gasteiger charge is -2.09. The van der Waals surface area contributed by atoms with E-state index in [2.05, 4.69) is 18.9 Å². The van der Waals surface area contributed by atoms with Crippen molar-refractivity contribution in [3.63, 3.8) is 0 Å². The van der Waals surface area contributed by atoms with Crippen molar-refractivity contribution < 1.29 is 4.74 Å². The smallest absolute Gasteiger partial charge is 0.118 e. The van der Waals surface area contributed by atoms with E-state index in [1.165, 1.54) is 0 Å². The Hall–Kier alpha value is -0.380. The summed E-state index contributed by atoms with van der Waals surface area (Å²) in [7, 11) is 3.40. The van der Waals surface area contributed by atoms with E-state index in [0.717, 1.165) is 0 Å². The van der Waals surface area contributed by atoms with E-state index in [-0.39, 0.29) is 6.23 Å². The van der Waals surface area contributed by atoms with Crippen LogP contribution >= 0.6 is 0 Å². The zero-order valence-electron chi connectivity index (χ0n) is 5.47. The van der Waals surface area contributed by atoms with Gasteiger partial charge in [-0.1, -0.05) is 6.08 Å². The van der Waals surface area contributed by atoms with Crippen LogP contribution in [0.5, 0.6) is 0 Å². The van der Waals surface area contributed by atoms with Gasteiger partial charge in [0.05, 0.1) is 6.61 Å². The van der Waals surface area contributed by atoms with E-state index in [1.807, 2.05) is 0 Å². The highest BCUT2D eigenvalue weighted by Crippen LogP contribution is 1.79. The molecule has 0 aliphatic rings. The van der Waals surface area contributed by atoms with Gasteiger partial charge in [-0.2, -0.15) is 0 Å². The number of nitrogens with one attached hydrogen (secondary N) is 1. The second kappa shape index (κ2) is 5.75. The Balaban J connectivity index is 3.04. The summed E-state index contributed by atoms with van der Waals surface area (Å²) in [4.78, 5) is 0. The molecule has 0 amide bonds. The van der Waals surface area contributed by atoms with Crippen molar-refractivity contribution in [1.82, 2.24) is 5.32 Å². The van der Waals surface area contributed by atoms with Gasteiger partial charge in [0.2, 0.25) is 0 Å². The molecule has 0 aliphatic heterocycles. The molecule has 1 radical (unpaired) electrons. The third kappa shape index (κ3) is 5.49. The maximum absolute atomic E-state index is 5.40. The minimum Gasteiger partial charge on any atom is -0.358 e. The third-order valence-corrected chi connectivity index (χ3v) is 0.774. The lowest BCUT2D eigenvalue weighted by atomic mass is 10.5. The van der Waals surface area contributed by atoms with Crippen molar-refractivity contribution in [2.24, 2.45) is 5.73 Å². The van der Waals surface area contributed by atoms with Crippen LogP contribution < -0.4 is 11.1 Å². The second-order valence-electron chi connectivity index (χ2n) is 1.61. The molecule has 0 aliphatic carbocycles. The Kier molecular flexibility index (Phi) is 5.51. The van der Waals surface area contributed by atoms with E-state index in [4.69, 9.17) is 10.5 Å². The molecule has 0 bridgehead atoms. The summed E-state index contributed by atoms with van der Waals surface area (Å²) in [5, 5.41) is 2.64. The Bertz CT molecular complexity index is 75.5. The van der Waals surface area contributed by atoms with Crippen LogP contribution in [0.4, 0.5) is 0 Å². The summed E-state index contributed by atoms with van der Waals surface area (Å²) in [6.45, 7) is 4.53. The average Bonchev–Trinajstić information content (AvgIpc) is 1.85. The Labute approximate surface area is 55.9 Å². The summed E-state index contributed by atoms with van der Waals surface area (Å²) in [6, 6.07) is 0. The van der Waals surface area contributed by atoms with Crippen LogP contribution in [0.2, 0.25) is 0 Å². The summed E-state index contributed by atoms with van der Waals surface area (Å²) >= 11 is 0. The molecular weight excluding hydrogens is 116 g/mol. The van der Waals surface area contributed by atoms with Gasteiger partial charge in [-0.25, -0.2) is 0 Å². The lowest BCUT2D eigenvalue weighted by Crippen LogP contribution is -2.33. The molecule has 0 heterocycles. The summed E-state index contributed by atoms with van der Waals surface area (Å²) < 4.78 is 4.99. The Morgan fingerprint density at radius 2 is 2.44 bits per heavy atom. The van der Waals surface area contributed by atoms with Crippen molar-refractivity contribution in [3.05, 3.63) is 19.7 Å². The predicted octanol–water partition coefficient (Wildman–Crippen LogP) is -0.145. The molecule has 0 aromatic rings. The van der Waals surface area contributed by atoms with Crippen molar-refractivity contribution in [2.75, 3.05) is 13.2 Å². The molecule has 0 spiro atoms. The largest absolute Gasteiger partial charge is 0.358 e. The van der Waals surface area contributed by atoms with E-state index < -0.39 is 0 Å². The highest BCUT2D eigenvalue weighted by Gasteiger charge is 1.95. The molecule has 0 fully saturated rings. The van der Waals surface area contributed by atoms with Crippen molar-refractivity contribution >= 4 is 0 Å². The average molecular weight is 129 g/mol. The molecule has 0 saturated carbocycles. The van der Waals surface area contributed by atoms with Crippen LogP contribution in [0.1, 0.15) is 0 Å². The van der Waals surface area contributed by atoms with E-state index in [1.54, 1.807) is 6.08 Å². The molecular formula is C6H13N2O. The fourth-order valence-electron chi connectivity index (χ4n) is 0.393. The van der Waals surface area contributed by atoms with Gasteiger partial charge < -0.3 is 15.8 Å². The number of rotatable bonds is 5. The van der Waals surface area contributed by atoms with Crippen LogP contribution in [0.3, 0.4) is 0 Å². The Morgan fingerprint density at radius 3 is 2.89 bits per heavy atom. The minimum absolute atomic E-state index is 0.277. The number of nitrogens with two attached hydrogens (primary N) is 1. The molecule has 3 heteroatoms. The van der Waals surface area contributed by atoms with Gasteiger partial charge in [0.15, 0.2) is 0 Å². The molecule has 3 N–H and O–H groups in total. The number of hydrogen-bond acceptors (Lipinski definition) is 3. The van der Waals surface area contributed by atoms with Crippen molar-refractivity contribution in [1.29, 1.82) is 0 Å². The highest BCUT2D eigenvalue weighted by molar-refractivity contribution is 4.65. The van der Waals surface area contributed by atoms with Crippen LogP contribution in [-0.4, -0.2) is 19.4 Å². The van der Waals surface area contributed by atoms with Gasteiger partial charge in [0, 0.05) is 13.6 Å². The summed E-state index contributed by atoms with van der Waals surface area (Å²) in [5.41, 5.74) is 5.40. The highest BCUT2D eigenvalue weighted by atomic mass is 16.5.